The molecule has 96 valence electrons. The predicted molar refractivity (Wildman–Crippen MR) is 74.6 cm³/mol. The second-order valence-electron chi connectivity index (χ2n) is 4.58. The van der Waals surface area contributed by atoms with E-state index in [2.05, 4.69) is 4.98 Å². The summed E-state index contributed by atoms with van der Waals surface area (Å²) in [6, 6.07) is 7.86. The minimum Gasteiger partial charge on any atom is -0.507 e. The molecule has 4 nitrogen and oxygen atoms in total. The minimum absolute atomic E-state index is 0.0915. The second-order valence-corrected chi connectivity index (χ2v) is 5.46. The molecule has 5 heteroatoms. The summed E-state index contributed by atoms with van der Waals surface area (Å²) in [4.78, 5) is 29.2. The molecule has 0 unspecified atom stereocenters. The van der Waals surface area contributed by atoms with Crippen molar-refractivity contribution in [2.75, 3.05) is 0 Å². The molecule has 20 heavy (non-hydrogen) atoms. The first-order chi connectivity index (χ1) is 9.66. The summed E-state index contributed by atoms with van der Waals surface area (Å²) < 4.78 is 0.851. The number of ketones is 2. The molecule has 0 atom stereocenters. The Morgan fingerprint density at radius 3 is 2.65 bits per heavy atom. The highest BCUT2D eigenvalue weighted by atomic mass is 32.1. The van der Waals surface area contributed by atoms with Crippen LogP contribution in [0.25, 0.3) is 10.2 Å². The lowest BCUT2D eigenvalue weighted by atomic mass is 9.83. The summed E-state index contributed by atoms with van der Waals surface area (Å²) in [7, 11) is 0. The molecule has 0 saturated carbocycles. The molecule has 4 rings (SSSR count). The van der Waals surface area contributed by atoms with E-state index in [0.29, 0.717) is 16.6 Å². The highest BCUT2D eigenvalue weighted by Gasteiger charge is 2.32. The molecule has 0 radical (unpaired) electrons. The first-order valence-corrected chi connectivity index (χ1v) is 6.83. The zero-order valence-electron chi connectivity index (χ0n) is 10.1. The molecule has 0 bridgehead atoms. The molecule has 0 saturated heterocycles. The number of rotatable bonds is 0. The standard InChI is InChI=1S/C15H7NO3S/c17-11-3-1-2-7-13(11)15(19)9-5-12-10(16-6-20-12)4-8(9)14(7)18/h1-6,17H. The van der Waals surface area contributed by atoms with Crippen LogP contribution in [0.4, 0.5) is 0 Å². The summed E-state index contributed by atoms with van der Waals surface area (Å²) in [5.74, 6) is -0.723. The van der Waals surface area contributed by atoms with Crippen LogP contribution in [0, 0.1) is 0 Å². The monoisotopic (exact) mass is 281 g/mol. The molecule has 1 aliphatic rings. The van der Waals surface area contributed by atoms with Gasteiger partial charge >= 0.3 is 0 Å². The molecule has 0 aliphatic heterocycles. The van der Waals surface area contributed by atoms with Gasteiger partial charge in [-0.25, -0.2) is 4.98 Å². The van der Waals surface area contributed by atoms with Crippen LogP contribution < -0.4 is 0 Å². The van der Waals surface area contributed by atoms with Crippen molar-refractivity contribution in [3.05, 3.63) is 58.1 Å². The zero-order valence-corrected chi connectivity index (χ0v) is 10.9. The van der Waals surface area contributed by atoms with Gasteiger partial charge in [-0.2, -0.15) is 0 Å². The number of thiazole rings is 1. The highest BCUT2D eigenvalue weighted by Crippen LogP contribution is 2.34. The Bertz CT molecular complexity index is 911. The van der Waals surface area contributed by atoms with Crippen molar-refractivity contribution in [1.82, 2.24) is 4.98 Å². The smallest absolute Gasteiger partial charge is 0.198 e. The third kappa shape index (κ3) is 1.32. The van der Waals surface area contributed by atoms with Gasteiger partial charge in [0.2, 0.25) is 0 Å². The number of benzene rings is 2. The summed E-state index contributed by atoms with van der Waals surface area (Å²) >= 11 is 1.41. The third-order valence-electron chi connectivity index (χ3n) is 3.47. The van der Waals surface area contributed by atoms with Gasteiger partial charge in [-0.15, -0.1) is 11.3 Å². The van der Waals surface area contributed by atoms with Gasteiger partial charge in [-0.3, -0.25) is 9.59 Å². The Balaban J connectivity index is 2.10. The van der Waals surface area contributed by atoms with E-state index in [9.17, 15) is 14.7 Å². The average molecular weight is 281 g/mol. The van der Waals surface area contributed by atoms with Crippen molar-refractivity contribution in [1.29, 1.82) is 0 Å². The number of hydrogen-bond donors (Lipinski definition) is 1. The van der Waals surface area contributed by atoms with Crippen molar-refractivity contribution in [3.63, 3.8) is 0 Å². The molecule has 0 spiro atoms. The van der Waals surface area contributed by atoms with E-state index in [0.717, 1.165) is 4.70 Å². The summed E-state index contributed by atoms with van der Waals surface area (Å²) in [6.45, 7) is 0. The van der Waals surface area contributed by atoms with Crippen molar-refractivity contribution >= 4 is 33.1 Å². The van der Waals surface area contributed by atoms with Crippen LogP contribution in [-0.2, 0) is 0 Å². The quantitative estimate of drug-likeness (QED) is 0.538. The molecule has 1 N–H and O–H groups in total. The van der Waals surface area contributed by atoms with Gasteiger partial charge in [-0.05, 0) is 18.2 Å². The van der Waals surface area contributed by atoms with Crippen molar-refractivity contribution in [2.24, 2.45) is 0 Å². The number of aromatic hydroxyl groups is 1. The summed E-state index contributed by atoms with van der Waals surface area (Å²) in [6.07, 6.45) is 0. The topological polar surface area (TPSA) is 67.3 Å². The second kappa shape index (κ2) is 3.74. The van der Waals surface area contributed by atoms with E-state index >= 15 is 0 Å². The van der Waals surface area contributed by atoms with Gasteiger partial charge in [-0.1, -0.05) is 12.1 Å². The van der Waals surface area contributed by atoms with E-state index in [1.807, 2.05) is 0 Å². The van der Waals surface area contributed by atoms with E-state index in [1.54, 1.807) is 29.8 Å². The average Bonchev–Trinajstić information content (AvgIpc) is 2.90. The normalized spacial score (nSPS) is 13.4. The Labute approximate surface area is 117 Å². The maximum Gasteiger partial charge on any atom is 0.198 e. The lowest BCUT2D eigenvalue weighted by Gasteiger charge is -2.18. The maximum atomic E-state index is 12.5. The van der Waals surface area contributed by atoms with E-state index in [-0.39, 0.29) is 28.4 Å². The van der Waals surface area contributed by atoms with Crippen LogP contribution in [0.5, 0.6) is 5.75 Å². The summed E-state index contributed by atoms with van der Waals surface area (Å²) in [5, 5.41) is 9.86. The largest absolute Gasteiger partial charge is 0.507 e. The number of phenolic OH excluding ortho intramolecular Hbond substituents is 1. The molecule has 0 amide bonds. The van der Waals surface area contributed by atoms with E-state index in [4.69, 9.17) is 0 Å². The van der Waals surface area contributed by atoms with E-state index < -0.39 is 0 Å². The van der Waals surface area contributed by atoms with Crippen LogP contribution in [-0.4, -0.2) is 21.7 Å². The SMILES string of the molecule is O=C1c2cc3ncsc3cc2C(=O)c2c(O)cccc21. The number of aromatic nitrogens is 1. The zero-order chi connectivity index (χ0) is 13.9. The molecule has 2 aromatic carbocycles. The van der Waals surface area contributed by atoms with Crippen LogP contribution in [0.15, 0.2) is 35.8 Å². The van der Waals surface area contributed by atoms with Crippen LogP contribution >= 0.6 is 11.3 Å². The predicted octanol–water partition coefficient (Wildman–Crippen LogP) is 2.78. The maximum absolute atomic E-state index is 12.5. The number of phenols is 1. The fraction of sp³-hybridized carbons (Fsp3) is 0. The van der Waals surface area contributed by atoms with Gasteiger partial charge in [0.25, 0.3) is 0 Å². The van der Waals surface area contributed by atoms with E-state index in [1.165, 1.54) is 17.4 Å². The number of fused-ring (bicyclic) bond motifs is 3. The highest BCUT2D eigenvalue weighted by molar-refractivity contribution is 7.16. The fourth-order valence-corrected chi connectivity index (χ4v) is 3.23. The first kappa shape index (κ1) is 11.3. The molecular formula is C15H7NO3S. The molecule has 0 fully saturated rings. The Kier molecular flexibility index (Phi) is 2.11. The van der Waals surface area contributed by atoms with Gasteiger partial charge < -0.3 is 5.11 Å². The van der Waals surface area contributed by atoms with Gasteiger partial charge in [0.1, 0.15) is 5.75 Å². The van der Waals surface area contributed by atoms with Gasteiger partial charge in [0.05, 0.1) is 21.3 Å². The molecule has 3 aromatic rings. The number of carbonyl (C=O) groups is 2. The summed E-state index contributed by atoms with van der Waals surface area (Å²) in [5.41, 5.74) is 3.41. The van der Waals surface area contributed by atoms with Crippen molar-refractivity contribution < 1.29 is 14.7 Å². The molecule has 1 aromatic heterocycles. The number of nitrogens with zero attached hydrogens (tertiary/aromatic N) is 1. The first-order valence-electron chi connectivity index (χ1n) is 5.95. The Morgan fingerprint density at radius 1 is 1.00 bits per heavy atom. The molecule has 1 aliphatic carbocycles. The minimum atomic E-state index is -0.317. The Hall–Kier alpha value is -2.53. The fourth-order valence-electron chi connectivity index (χ4n) is 2.53. The number of carbonyl (C=O) groups excluding carboxylic acids is 2. The van der Waals surface area contributed by atoms with Crippen LogP contribution in [0.1, 0.15) is 31.8 Å². The van der Waals surface area contributed by atoms with Gasteiger partial charge in [0.15, 0.2) is 11.6 Å². The lowest BCUT2D eigenvalue weighted by Crippen LogP contribution is -2.20. The van der Waals surface area contributed by atoms with Gasteiger partial charge in [0, 0.05) is 16.7 Å². The lowest BCUT2D eigenvalue weighted by molar-refractivity contribution is 0.0977. The molecular weight excluding hydrogens is 274 g/mol. The van der Waals surface area contributed by atoms with Crippen LogP contribution in [0.2, 0.25) is 0 Å². The molecule has 1 heterocycles. The van der Waals surface area contributed by atoms with Crippen molar-refractivity contribution in [3.8, 4) is 5.75 Å². The Morgan fingerprint density at radius 2 is 1.80 bits per heavy atom. The third-order valence-corrected chi connectivity index (χ3v) is 4.27. The van der Waals surface area contributed by atoms with Crippen LogP contribution in [0.3, 0.4) is 0 Å². The van der Waals surface area contributed by atoms with Crippen molar-refractivity contribution in [2.45, 2.75) is 0 Å². The number of hydrogen-bond acceptors (Lipinski definition) is 5.